The van der Waals surface area contributed by atoms with Crippen LogP contribution in [-0.4, -0.2) is 42.2 Å². The van der Waals surface area contributed by atoms with Gasteiger partial charge in [-0.25, -0.2) is 9.97 Å². The number of nitrogens with one attached hydrogen (secondary N) is 1. The predicted octanol–water partition coefficient (Wildman–Crippen LogP) is 1.87. The maximum absolute atomic E-state index is 12.2. The van der Waals surface area contributed by atoms with Gasteiger partial charge in [-0.2, -0.15) is 0 Å². The Labute approximate surface area is 129 Å². The molecule has 0 radical (unpaired) electrons. The van der Waals surface area contributed by atoms with Crippen LogP contribution >= 0.6 is 0 Å². The first-order valence-electron chi connectivity index (χ1n) is 7.26. The fourth-order valence-corrected chi connectivity index (χ4v) is 2.29. The van der Waals surface area contributed by atoms with Crippen LogP contribution in [0, 0.1) is 6.92 Å². The number of amides is 1. The molecule has 1 aliphatic heterocycles. The lowest BCUT2D eigenvalue weighted by Gasteiger charge is -2.27. The molecule has 22 heavy (non-hydrogen) atoms. The van der Waals surface area contributed by atoms with Crippen LogP contribution in [0.5, 0.6) is 0 Å². The first kappa shape index (κ1) is 14.5. The number of hydrogen-bond donors (Lipinski definition) is 1. The van der Waals surface area contributed by atoms with Gasteiger partial charge in [0.1, 0.15) is 11.5 Å². The van der Waals surface area contributed by atoms with Gasteiger partial charge in [0, 0.05) is 18.8 Å². The summed E-state index contributed by atoms with van der Waals surface area (Å²) >= 11 is 0. The molecule has 0 aliphatic carbocycles. The molecule has 0 bridgehead atoms. The molecule has 2 heterocycles. The van der Waals surface area contributed by atoms with Gasteiger partial charge in [0.25, 0.3) is 5.91 Å². The Morgan fingerprint density at radius 2 is 1.95 bits per heavy atom. The predicted molar refractivity (Wildman–Crippen MR) is 84.2 cm³/mol. The van der Waals surface area contributed by atoms with Gasteiger partial charge in [0.2, 0.25) is 0 Å². The summed E-state index contributed by atoms with van der Waals surface area (Å²) in [5.41, 5.74) is 2.10. The molecule has 114 valence electrons. The summed E-state index contributed by atoms with van der Waals surface area (Å²) in [7, 11) is 0. The van der Waals surface area contributed by atoms with Gasteiger partial charge in [-0.15, -0.1) is 0 Å². The van der Waals surface area contributed by atoms with Crippen molar-refractivity contribution in [3.05, 3.63) is 47.9 Å². The number of carbonyl (C=O) groups is 1. The molecular weight excluding hydrogens is 280 g/mol. The summed E-state index contributed by atoms with van der Waals surface area (Å²) in [6.45, 7) is 4.92. The fraction of sp³-hybridized carbons (Fsp3) is 0.312. The number of nitrogens with zero attached hydrogens (tertiary/aromatic N) is 3. The number of hydrogen-bond acceptors (Lipinski definition) is 5. The van der Waals surface area contributed by atoms with E-state index in [2.05, 4.69) is 20.2 Å². The lowest BCUT2D eigenvalue weighted by molar-refractivity contribution is 0.102. The Kier molecular flexibility index (Phi) is 4.29. The summed E-state index contributed by atoms with van der Waals surface area (Å²) < 4.78 is 5.31. The Morgan fingerprint density at radius 1 is 1.18 bits per heavy atom. The van der Waals surface area contributed by atoms with E-state index in [0.29, 0.717) is 18.9 Å². The quantitative estimate of drug-likeness (QED) is 0.937. The molecule has 2 aromatic rings. The van der Waals surface area contributed by atoms with Crippen molar-refractivity contribution in [2.24, 2.45) is 0 Å². The van der Waals surface area contributed by atoms with Gasteiger partial charge in [-0.05, 0) is 18.6 Å². The van der Waals surface area contributed by atoms with Gasteiger partial charge in [-0.1, -0.05) is 18.2 Å². The SMILES string of the molecule is Cc1ccccc1NC(=O)c1cnc(N2CCOCC2)cn1. The second-order valence-electron chi connectivity index (χ2n) is 5.13. The zero-order valence-corrected chi connectivity index (χ0v) is 12.5. The first-order chi connectivity index (χ1) is 10.7. The van der Waals surface area contributed by atoms with Gasteiger partial charge in [-0.3, -0.25) is 4.79 Å². The van der Waals surface area contributed by atoms with E-state index in [9.17, 15) is 4.79 Å². The van der Waals surface area contributed by atoms with Crippen molar-refractivity contribution in [1.29, 1.82) is 0 Å². The Hall–Kier alpha value is -2.47. The van der Waals surface area contributed by atoms with Crippen molar-refractivity contribution >= 4 is 17.4 Å². The average Bonchev–Trinajstić information content (AvgIpc) is 2.58. The van der Waals surface area contributed by atoms with E-state index in [-0.39, 0.29) is 5.91 Å². The van der Waals surface area contributed by atoms with Crippen LogP contribution in [0.2, 0.25) is 0 Å². The molecule has 0 spiro atoms. The molecule has 0 saturated carbocycles. The topological polar surface area (TPSA) is 67.4 Å². The van der Waals surface area contributed by atoms with E-state index in [1.807, 2.05) is 31.2 Å². The van der Waals surface area contributed by atoms with Crippen LogP contribution in [0.3, 0.4) is 0 Å². The highest BCUT2D eigenvalue weighted by Crippen LogP contribution is 2.15. The van der Waals surface area contributed by atoms with Crippen LogP contribution in [0.1, 0.15) is 16.1 Å². The van der Waals surface area contributed by atoms with Gasteiger partial charge in [0.05, 0.1) is 25.6 Å². The largest absolute Gasteiger partial charge is 0.378 e. The molecule has 0 atom stereocenters. The zero-order valence-electron chi connectivity index (χ0n) is 12.5. The van der Waals surface area contributed by atoms with Crippen molar-refractivity contribution in [1.82, 2.24) is 9.97 Å². The van der Waals surface area contributed by atoms with Crippen molar-refractivity contribution in [3.8, 4) is 0 Å². The van der Waals surface area contributed by atoms with Crippen molar-refractivity contribution in [2.45, 2.75) is 6.92 Å². The fourth-order valence-electron chi connectivity index (χ4n) is 2.29. The van der Waals surface area contributed by atoms with Gasteiger partial charge < -0.3 is 15.0 Å². The number of benzene rings is 1. The highest BCUT2D eigenvalue weighted by Gasteiger charge is 2.14. The average molecular weight is 298 g/mol. The monoisotopic (exact) mass is 298 g/mol. The maximum atomic E-state index is 12.2. The highest BCUT2D eigenvalue weighted by molar-refractivity contribution is 6.03. The van der Waals surface area contributed by atoms with Gasteiger partial charge in [0.15, 0.2) is 0 Å². The van der Waals surface area contributed by atoms with Crippen LogP contribution in [0.15, 0.2) is 36.7 Å². The number of aryl methyl sites for hydroxylation is 1. The first-order valence-corrected chi connectivity index (χ1v) is 7.26. The number of carbonyl (C=O) groups excluding carboxylic acids is 1. The Balaban J connectivity index is 1.69. The normalized spacial score (nSPS) is 14.7. The third-order valence-corrected chi connectivity index (χ3v) is 3.60. The Bertz CT molecular complexity index is 651. The van der Waals surface area contributed by atoms with Crippen molar-refractivity contribution in [2.75, 3.05) is 36.5 Å². The highest BCUT2D eigenvalue weighted by atomic mass is 16.5. The summed E-state index contributed by atoms with van der Waals surface area (Å²) in [5.74, 6) is 0.520. The number of anilines is 2. The van der Waals surface area contributed by atoms with E-state index >= 15 is 0 Å². The van der Waals surface area contributed by atoms with Crippen LogP contribution < -0.4 is 10.2 Å². The second kappa shape index (κ2) is 6.53. The third kappa shape index (κ3) is 3.23. The molecule has 1 aromatic carbocycles. The molecule has 3 rings (SSSR count). The molecule has 6 heteroatoms. The standard InChI is InChI=1S/C16H18N4O2/c1-12-4-2-3-5-13(12)19-16(21)14-10-18-15(11-17-14)20-6-8-22-9-7-20/h2-5,10-11H,6-9H2,1H3,(H,19,21). The lowest BCUT2D eigenvalue weighted by Crippen LogP contribution is -2.36. The molecule has 1 fully saturated rings. The summed E-state index contributed by atoms with van der Waals surface area (Å²) in [6, 6.07) is 7.63. The number of ether oxygens (including phenoxy) is 1. The number of aromatic nitrogens is 2. The van der Waals surface area contributed by atoms with Crippen LogP contribution in [-0.2, 0) is 4.74 Å². The minimum atomic E-state index is -0.254. The summed E-state index contributed by atoms with van der Waals surface area (Å²) in [6.07, 6.45) is 3.15. The van der Waals surface area contributed by atoms with E-state index in [1.54, 1.807) is 6.20 Å². The number of para-hydroxylation sites is 1. The van der Waals surface area contributed by atoms with E-state index < -0.39 is 0 Å². The van der Waals surface area contributed by atoms with Crippen molar-refractivity contribution in [3.63, 3.8) is 0 Å². The molecule has 0 unspecified atom stereocenters. The third-order valence-electron chi connectivity index (χ3n) is 3.60. The Morgan fingerprint density at radius 3 is 2.64 bits per heavy atom. The summed E-state index contributed by atoms with van der Waals surface area (Å²) in [5, 5.41) is 2.85. The minimum absolute atomic E-state index is 0.254. The molecule has 6 nitrogen and oxygen atoms in total. The van der Waals surface area contributed by atoms with E-state index in [1.165, 1.54) is 6.20 Å². The lowest BCUT2D eigenvalue weighted by atomic mass is 10.2. The molecule has 1 N–H and O–H groups in total. The van der Waals surface area contributed by atoms with Crippen molar-refractivity contribution < 1.29 is 9.53 Å². The van der Waals surface area contributed by atoms with Crippen LogP contribution in [0.4, 0.5) is 11.5 Å². The minimum Gasteiger partial charge on any atom is -0.378 e. The summed E-state index contributed by atoms with van der Waals surface area (Å²) in [4.78, 5) is 22.9. The smallest absolute Gasteiger partial charge is 0.275 e. The second-order valence-corrected chi connectivity index (χ2v) is 5.13. The molecule has 1 aromatic heterocycles. The molecule has 1 aliphatic rings. The van der Waals surface area contributed by atoms with Gasteiger partial charge >= 0.3 is 0 Å². The number of rotatable bonds is 3. The van der Waals surface area contributed by atoms with Crippen LogP contribution in [0.25, 0.3) is 0 Å². The molecule has 1 amide bonds. The zero-order chi connectivity index (χ0) is 15.4. The number of morpholine rings is 1. The van der Waals surface area contributed by atoms with E-state index in [0.717, 1.165) is 30.2 Å². The molecular formula is C16H18N4O2. The molecule has 1 saturated heterocycles. The van der Waals surface area contributed by atoms with E-state index in [4.69, 9.17) is 4.74 Å². The maximum Gasteiger partial charge on any atom is 0.275 e.